The van der Waals surface area contributed by atoms with Crippen molar-refractivity contribution in [2.45, 2.75) is 39.0 Å². The summed E-state index contributed by atoms with van der Waals surface area (Å²) in [5, 5.41) is 5.43. The number of rotatable bonds is 4. The third-order valence-electron chi connectivity index (χ3n) is 5.76. The molecule has 4 nitrogen and oxygen atoms in total. The predicted molar refractivity (Wildman–Crippen MR) is 114 cm³/mol. The second-order valence-electron chi connectivity index (χ2n) is 8.37. The number of esters is 1. The fourth-order valence-corrected chi connectivity index (χ4v) is 4.47. The highest BCUT2D eigenvalue weighted by Crippen LogP contribution is 2.46. The fourth-order valence-electron chi connectivity index (χ4n) is 4.47. The van der Waals surface area contributed by atoms with Crippen molar-refractivity contribution in [3.05, 3.63) is 71.6 Å². The topological polar surface area (TPSA) is 55.4 Å². The Bertz CT molecular complexity index is 1010. The van der Waals surface area contributed by atoms with Crippen molar-refractivity contribution < 1.29 is 14.3 Å². The van der Waals surface area contributed by atoms with Crippen molar-refractivity contribution in [3.8, 4) is 0 Å². The maximum atomic E-state index is 13.2. The monoisotopic (exact) mass is 389 g/mol. The Balaban J connectivity index is 1.88. The number of hydrogen-bond acceptors (Lipinski definition) is 4. The molecule has 4 rings (SSSR count). The van der Waals surface area contributed by atoms with Crippen LogP contribution in [0, 0.1) is 11.8 Å². The van der Waals surface area contributed by atoms with Crippen LogP contribution < -0.4 is 5.32 Å². The van der Waals surface area contributed by atoms with E-state index in [2.05, 4.69) is 30.1 Å². The lowest BCUT2D eigenvalue weighted by molar-refractivity contribution is -0.149. The van der Waals surface area contributed by atoms with E-state index in [-0.39, 0.29) is 23.6 Å². The van der Waals surface area contributed by atoms with Crippen molar-refractivity contribution in [1.82, 2.24) is 5.32 Å². The van der Waals surface area contributed by atoms with Gasteiger partial charge in [0.1, 0.15) is 5.92 Å². The molecule has 0 radical (unpaired) electrons. The average molecular weight is 389 g/mol. The van der Waals surface area contributed by atoms with Crippen LogP contribution in [0.25, 0.3) is 10.8 Å². The molecule has 4 heteroatoms. The summed E-state index contributed by atoms with van der Waals surface area (Å²) in [6.07, 6.45) is 2.14. The first-order valence-corrected chi connectivity index (χ1v) is 10.3. The van der Waals surface area contributed by atoms with Gasteiger partial charge in [0.15, 0.2) is 5.78 Å². The SMILES string of the molecule is C=C1NC2=C(C(=O)CCC2)C(c2cccc3ccccc23)C1C(=O)OCC(C)C. The van der Waals surface area contributed by atoms with Crippen molar-refractivity contribution in [2.24, 2.45) is 11.8 Å². The van der Waals surface area contributed by atoms with Crippen molar-refractivity contribution in [3.63, 3.8) is 0 Å². The molecule has 2 aromatic rings. The minimum Gasteiger partial charge on any atom is -0.465 e. The van der Waals surface area contributed by atoms with Gasteiger partial charge in [0.2, 0.25) is 0 Å². The van der Waals surface area contributed by atoms with Crippen LogP contribution in [0.2, 0.25) is 0 Å². The zero-order chi connectivity index (χ0) is 20.5. The number of hydrogen-bond donors (Lipinski definition) is 1. The van der Waals surface area contributed by atoms with Crippen LogP contribution in [0.4, 0.5) is 0 Å². The van der Waals surface area contributed by atoms with E-state index in [4.69, 9.17) is 4.74 Å². The van der Waals surface area contributed by atoms with Gasteiger partial charge in [-0.3, -0.25) is 9.59 Å². The van der Waals surface area contributed by atoms with Gasteiger partial charge in [-0.25, -0.2) is 0 Å². The zero-order valence-corrected chi connectivity index (χ0v) is 17.0. The highest BCUT2D eigenvalue weighted by atomic mass is 16.5. The maximum Gasteiger partial charge on any atom is 0.315 e. The number of allylic oxidation sites excluding steroid dienone is 2. The Morgan fingerprint density at radius 1 is 1.17 bits per heavy atom. The summed E-state index contributed by atoms with van der Waals surface area (Å²) in [6, 6.07) is 14.2. The molecule has 2 atom stereocenters. The van der Waals surface area contributed by atoms with Gasteiger partial charge in [-0.05, 0) is 35.1 Å². The molecule has 0 saturated heterocycles. The van der Waals surface area contributed by atoms with E-state index in [9.17, 15) is 9.59 Å². The highest BCUT2D eigenvalue weighted by molar-refractivity contribution is 6.01. The summed E-state index contributed by atoms with van der Waals surface area (Å²) in [4.78, 5) is 26.2. The van der Waals surface area contributed by atoms with E-state index >= 15 is 0 Å². The number of benzene rings is 2. The second-order valence-corrected chi connectivity index (χ2v) is 8.37. The van der Waals surface area contributed by atoms with E-state index in [0.29, 0.717) is 18.7 Å². The van der Waals surface area contributed by atoms with E-state index in [1.54, 1.807) is 0 Å². The summed E-state index contributed by atoms with van der Waals surface area (Å²) < 4.78 is 5.62. The van der Waals surface area contributed by atoms with Gasteiger partial charge in [-0.15, -0.1) is 0 Å². The summed E-state index contributed by atoms with van der Waals surface area (Å²) in [5.74, 6) is -0.964. The van der Waals surface area contributed by atoms with Crippen LogP contribution in [0.15, 0.2) is 66.0 Å². The minimum absolute atomic E-state index is 0.117. The lowest BCUT2D eigenvalue weighted by Crippen LogP contribution is -2.41. The smallest absolute Gasteiger partial charge is 0.315 e. The Labute approximate surface area is 171 Å². The maximum absolute atomic E-state index is 13.2. The predicted octanol–water partition coefficient (Wildman–Crippen LogP) is 4.86. The number of nitrogens with one attached hydrogen (secondary N) is 1. The molecule has 1 aliphatic heterocycles. The van der Waals surface area contributed by atoms with E-state index in [1.165, 1.54) is 0 Å². The van der Waals surface area contributed by atoms with E-state index in [0.717, 1.165) is 40.4 Å². The number of carbonyl (C=O) groups excluding carboxylic acids is 2. The summed E-state index contributed by atoms with van der Waals surface area (Å²) in [5.41, 5.74) is 3.24. The van der Waals surface area contributed by atoms with Crippen LogP contribution >= 0.6 is 0 Å². The van der Waals surface area contributed by atoms with Gasteiger partial charge in [0, 0.05) is 29.3 Å². The van der Waals surface area contributed by atoms with Gasteiger partial charge in [-0.2, -0.15) is 0 Å². The number of ketones is 1. The van der Waals surface area contributed by atoms with E-state index in [1.807, 2.05) is 38.1 Å². The Morgan fingerprint density at radius 3 is 2.72 bits per heavy atom. The van der Waals surface area contributed by atoms with Gasteiger partial charge in [0.05, 0.1) is 6.61 Å². The normalized spacial score (nSPS) is 21.9. The number of ether oxygens (including phenoxy) is 1. The molecule has 1 N–H and O–H groups in total. The molecule has 150 valence electrons. The fraction of sp³-hybridized carbons (Fsp3) is 0.360. The molecule has 0 spiro atoms. The molecule has 2 unspecified atom stereocenters. The molecular weight excluding hydrogens is 362 g/mol. The molecule has 0 saturated carbocycles. The summed E-state index contributed by atoms with van der Waals surface area (Å²) in [7, 11) is 0. The van der Waals surface area contributed by atoms with Gasteiger partial charge in [-0.1, -0.05) is 62.9 Å². The number of Topliss-reactive ketones (excluding diaryl/α,β-unsaturated/α-hetero) is 1. The van der Waals surface area contributed by atoms with Crippen LogP contribution in [0.1, 0.15) is 44.6 Å². The molecule has 0 amide bonds. The first-order valence-electron chi connectivity index (χ1n) is 10.3. The van der Waals surface area contributed by atoms with Gasteiger partial charge >= 0.3 is 5.97 Å². The van der Waals surface area contributed by atoms with Gasteiger partial charge < -0.3 is 10.1 Å². The van der Waals surface area contributed by atoms with Crippen LogP contribution in [0.5, 0.6) is 0 Å². The molecule has 2 aromatic carbocycles. The first-order chi connectivity index (χ1) is 14.0. The highest BCUT2D eigenvalue weighted by Gasteiger charge is 2.44. The van der Waals surface area contributed by atoms with Crippen LogP contribution in [-0.4, -0.2) is 18.4 Å². The number of fused-ring (bicyclic) bond motifs is 1. The Hall–Kier alpha value is -2.88. The molecule has 29 heavy (non-hydrogen) atoms. The Kier molecular flexibility index (Phi) is 5.27. The molecule has 2 aliphatic rings. The molecule has 1 heterocycles. The van der Waals surface area contributed by atoms with Gasteiger partial charge in [0.25, 0.3) is 0 Å². The van der Waals surface area contributed by atoms with Crippen molar-refractivity contribution in [1.29, 1.82) is 0 Å². The average Bonchev–Trinajstić information content (AvgIpc) is 2.71. The molecular formula is C25H27NO3. The first kappa shape index (κ1) is 19.4. The standard InChI is InChI=1S/C25H27NO3/c1-15(2)14-29-25(28)22-16(3)26-20-12-7-13-21(27)24(20)23(22)19-11-6-9-17-8-4-5-10-18(17)19/h4-6,8-11,15,22-23,26H,3,7,12-14H2,1-2H3. The quantitative estimate of drug-likeness (QED) is 0.759. The minimum atomic E-state index is -0.625. The number of carbonyl (C=O) groups is 2. The van der Waals surface area contributed by atoms with Crippen LogP contribution in [-0.2, 0) is 14.3 Å². The zero-order valence-electron chi connectivity index (χ0n) is 17.0. The van der Waals surface area contributed by atoms with Crippen LogP contribution in [0.3, 0.4) is 0 Å². The summed E-state index contributed by atoms with van der Waals surface area (Å²) >= 11 is 0. The van der Waals surface area contributed by atoms with Crippen molar-refractivity contribution >= 4 is 22.5 Å². The third kappa shape index (κ3) is 3.59. The molecule has 0 bridgehead atoms. The lowest BCUT2D eigenvalue weighted by atomic mass is 9.70. The summed E-state index contributed by atoms with van der Waals surface area (Å²) in [6.45, 7) is 8.53. The third-order valence-corrected chi connectivity index (χ3v) is 5.76. The molecule has 0 fully saturated rings. The van der Waals surface area contributed by atoms with Crippen molar-refractivity contribution in [2.75, 3.05) is 6.61 Å². The largest absolute Gasteiger partial charge is 0.465 e. The Morgan fingerprint density at radius 2 is 1.93 bits per heavy atom. The van der Waals surface area contributed by atoms with E-state index < -0.39 is 5.92 Å². The lowest BCUT2D eigenvalue weighted by Gasteiger charge is -2.38. The molecule has 1 aliphatic carbocycles. The second kappa shape index (κ2) is 7.86. The molecule has 0 aromatic heterocycles.